The lowest BCUT2D eigenvalue weighted by molar-refractivity contribution is -0.129. The zero-order valence-electron chi connectivity index (χ0n) is 15.0. The maximum atomic E-state index is 12.8. The van der Waals surface area contributed by atoms with Crippen molar-refractivity contribution in [2.45, 2.75) is 32.8 Å². The third kappa shape index (κ3) is 3.94. The monoisotopic (exact) mass is 353 g/mol. The van der Waals surface area contributed by atoms with Gasteiger partial charge < -0.3 is 15.2 Å². The number of carboxylic acids is 1. The molecule has 0 spiro atoms. The van der Waals surface area contributed by atoms with Gasteiger partial charge in [0.2, 0.25) is 5.91 Å². The molecule has 1 aliphatic rings. The van der Waals surface area contributed by atoms with Gasteiger partial charge in [-0.2, -0.15) is 0 Å². The van der Waals surface area contributed by atoms with Gasteiger partial charge >= 0.3 is 5.97 Å². The van der Waals surface area contributed by atoms with Crippen molar-refractivity contribution in [3.63, 3.8) is 0 Å². The number of benzene rings is 2. The van der Waals surface area contributed by atoms with Gasteiger partial charge in [0.1, 0.15) is 0 Å². The molecule has 1 fully saturated rings. The Kier molecular flexibility index (Phi) is 5.38. The Hall–Kier alpha value is -2.66. The third-order valence-electron chi connectivity index (χ3n) is 4.80. The number of carbonyl (C=O) groups excluding carboxylic acids is 1. The molecule has 2 N–H and O–H groups in total. The normalized spacial score (nSPS) is 19.8. The van der Waals surface area contributed by atoms with Crippen molar-refractivity contribution in [3.05, 3.63) is 64.7 Å². The number of carbonyl (C=O) groups is 2. The van der Waals surface area contributed by atoms with Gasteiger partial charge in [-0.25, -0.2) is 4.79 Å². The van der Waals surface area contributed by atoms with Crippen LogP contribution in [-0.4, -0.2) is 23.6 Å². The summed E-state index contributed by atoms with van der Waals surface area (Å²) in [4.78, 5) is 24.1. The average Bonchev–Trinajstić information content (AvgIpc) is 2.63. The minimum absolute atomic E-state index is 0.143. The second kappa shape index (κ2) is 7.70. The molecule has 2 atom stereocenters. The second-order valence-electron chi connectivity index (χ2n) is 6.77. The highest BCUT2D eigenvalue weighted by molar-refractivity contribution is 5.96. The van der Waals surface area contributed by atoms with Crippen LogP contribution >= 0.6 is 0 Å². The quantitative estimate of drug-likeness (QED) is 0.867. The molecule has 0 bridgehead atoms. The molecular weight excluding hydrogens is 330 g/mol. The van der Waals surface area contributed by atoms with E-state index in [1.165, 1.54) is 6.07 Å². The number of hydrogen-bond acceptors (Lipinski definition) is 3. The van der Waals surface area contributed by atoms with Crippen LogP contribution in [0.25, 0.3) is 0 Å². The zero-order valence-corrected chi connectivity index (χ0v) is 15.0. The summed E-state index contributed by atoms with van der Waals surface area (Å²) < 4.78 is 5.90. The minimum Gasteiger partial charge on any atom is -0.478 e. The first-order valence-electron chi connectivity index (χ1n) is 8.78. The van der Waals surface area contributed by atoms with Crippen molar-refractivity contribution in [1.82, 2.24) is 0 Å². The fourth-order valence-corrected chi connectivity index (χ4v) is 3.30. The molecule has 0 saturated carbocycles. The highest BCUT2D eigenvalue weighted by Gasteiger charge is 2.33. The first-order valence-corrected chi connectivity index (χ1v) is 8.78. The summed E-state index contributed by atoms with van der Waals surface area (Å²) in [5.41, 5.74) is 3.50. The van der Waals surface area contributed by atoms with Gasteiger partial charge in [0.25, 0.3) is 0 Å². The molecule has 2 aromatic carbocycles. The van der Waals surface area contributed by atoms with Crippen LogP contribution in [0.15, 0.2) is 42.5 Å². The van der Waals surface area contributed by atoms with E-state index in [4.69, 9.17) is 4.74 Å². The highest BCUT2D eigenvalue weighted by Crippen LogP contribution is 2.34. The standard InChI is InChI=1S/C21H23NO4/c1-13-5-8-15(9-6-13)19-17(4-3-11-26-19)20(23)22-16-10-7-14(2)18(12-16)21(24)25/h5-10,12,17,19H,3-4,11H2,1-2H3,(H,22,23)(H,24,25). The largest absolute Gasteiger partial charge is 0.478 e. The predicted octanol–water partition coefficient (Wildman–Crippen LogP) is 4.11. The van der Waals surface area contributed by atoms with Gasteiger partial charge in [-0.3, -0.25) is 4.79 Å². The molecule has 0 aliphatic carbocycles. The van der Waals surface area contributed by atoms with E-state index in [1.807, 2.05) is 31.2 Å². The fraction of sp³-hybridized carbons (Fsp3) is 0.333. The fourth-order valence-electron chi connectivity index (χ4n) is 3.30. The van der Waals surface area contributed by atoms with E-state index in [0.717, 1.165) is 24.0 Å². The summed E-state index contributed by atoms with van der Waals surface area (Å²) in [5, 5.41) is 12.1. The van der Waals surface area contributed by atoms with E-state index in [9.17, 15) is 14.7 Å². The van der Waals surface area contributed by atoms with E-state index in [1.54, 1.807) is 19.1 Å². The molecular formula is C21H23NO4. The summed E-state index contributed by atoms with van der Waals surface area (Å²) in [5.74, 6) is -1.45. The number of ether oxygens (including phenoxy) is 1. The molecule has 5 nitrogen and oxygen atoms in total. The molecule has 2 aromatic rings. The van der Waals surface area contributed by atoms with Crippen LogP contribution in [0.5, 0.6) is 0 Å². The maximum Gasteiger partial charge on any atom is 0.336 e. The summed E-state index contributed by atoms with van der Waals surface area (Å²) >= 11 is 0. The molecule has 26 heavy (non-hydrogen) atoms. The van der Waals surface area contributed by atoms with Crippen LogP contribution in [0.3, 0.4) is 0 Å². The van der Waals surface area contributed by atoms with Crippen LogP contribution in [0.2, 0.25) is 0 Å². The highest BCUT2D eigenvalue weighted by atomic mass is 16.5. The third-order valence-corrected chi connectivity index (χ3v) is 4.80. The van der Waals surface area contributed by atoms with Crippen molar-refractivity contribution >= 4 is 17.6 Å². The van der Waals surface area contributed by atoms with Gasteiger partial charge in [-0.05, 0) is 49.9 Å². The van der Waals surface area contributed by atoms with E-state index in [2.05, 4.69) is 5.32 Å². The van der Waals surface area contributed by atoms with Crippen molar-refractivity contribution in [1.29, 1.82) is 0 Å². The number of hydrogen-bond donors (Lipinski definition) is 2. The number of aryl methyl sites for hydroxylation is 2. The number of aromatic carboxylic acids is 1. The molecule has 2 unspecified atom stereocenters. The van der Waals surface area contributed by atoms with E-state index in [-0.39, 0.29) is 23.5 Å². The Morgan fingerprint density at radius 2 is 1.85 bits per heavy atom. The molecule has 0 aromatic heterocycles. The van der Waals surface area contributed by atoms with Crippen LogP contribution in [-0.2, 0) is 9.53 Å². The SMILES string of the molecule is Cc1ccc(C2OCCCC2C(=O)Nc2ccc(C)c(C(=O)O)c2)cc1. The Balaban J connectivity index is 1.80. The molecule has 1 heterocycles. The summed E-state index contributed by atoms with van der Waals surface area (Å²) in [6.45, 7) is 4.39. The van der Waals surface area contributed by atoms with Crippen LogP contribution in [0.1, 0.15) is 46.0 Å². The van der Waals surface area contributed by atoms with E-state index < -0.39 is 5.97 Å². The lowest BCUT2D eigenvalue weighted by Gasteiger charge is -2.31. The lowest BCUT2D eigenvalue weighted by Crippen LogP contribution is -2.33. The molecule has 1 amide bonds. The number of carboxylic acid groups (broad SMARTS) is 1. The maximum absolute atomic E-state index is 12.8. The number of nitrogens with one attached hydrogen (secondary N) is 1. The number of amides is 1. The lowest BCUT2D eigenvalue weighted by atomic mass is 9.88. The molecule has 5 heteroatoms. The van der Waals surface area contributed by atoms with Gasteiger partial charge in [-0.1, -0.05) is 35.9 Å². The smallest absolute Gasteiger partial charge is 0.336 e. The Bertz CT molecular complexity index is 813. The molecule has 1 saturated heterocycles. The summed E-state index contributed by atoms with van der Waals surface area (Å²) in [7, 11) is 0. The van der Waals surface area contributed by atoms with Crippen molar-refractivity contribution < 1.29 is 19.4 Å². The van der Waals surface area contributed by atoms with E-state index in [0.29, 0.717) is 17.9 Å². The Labute approximate surface area is 153 Å². The number of rotatable bonds is 4. The minimum atomic E-state index is -1.00. The predicted molar refractivity (Wildman–Crippen MR) is 99.4 cm³/mol. The molecule has 3 rings (SSSR count). The topological polar surface area (TPSA) is 75.6 Å². The van der Waals surface area contributed by atoms with Crippen molar-refractivity contribution in [2.75, 3.05) is 11.9 Å². The van der Waals surface area contributed by atoms with Crippen LogP contribution in [0, 0.1) is 19.8 Å². The first kappa shape index (κ1) is 18.1. The second-order valence-corrected chi connectivity index (χ2v) is 6.77. The van der Waals surface area contributed by atoms with Gasteiger partial charge in [-0.15, -0.1) is 0 Å². The van der Waals surface area contributed by atoms with Crippen LogP contribution < -0.4 is 5.32 Å². The van der Waals surface area contributed by atoms with Gasteiger partial charge in [0, 0.05) is 12.3 Å². The number of anilines is 1. The van der Waals surface area contributed by atoms with E-state index >= 15 is 0 Å². The van der Waals surface area contributed by atoms with Crippen molar-refractivity contribution in [3.8, 4) is 0 Å². The first-order chi connectivity index (χ1) is 12.5. The van der Waals surface area contributed by atoms with Crippen molar-refractivity contribution in [2.24, 2.45) is 5.92 Å². The Morgan fingerprint density at radius 1 is 1.12 bits per heavy atom. The van der Waals surface area contributed by atoms with Gasteiger partial charge in [0.15, 0.2) is 0 Å². The zero-order chi connectivity index (χ0) is 18.7. The molecule has 1 aliphatic heterocycles. The Morgan fingerprint density at radius 3 is 2.54 bits per heavy atom. The van der Waals surface area contributed by atoms with Crippen LogP contribution in [0.4, 0.5) is 5.69 Å². The molecule has 0 radical (unpaired) electrons. The summed E-state index contributed by atoms with van der Waals surface area (Å²) in [6.07, 6.45) is 1.28. The average molecular weight is 353 g/mol. The summed E-state index contributed by atoms with van der Waals surface area (Å²) in [6, 6.07) is 13.0. The molecule has 136 valence electrons. The van der Waals surface area contributed by atoms with Gasteiger partial charge in [0.05, 0.1) is 17.6 Å².